The molecular weight excluding hydrogens is 246 g/mol. The van der Waals surface area contributed by atoms with Crippen molar-refractivity contribution in [3.8, 4) is 6.07 Å². The summed E-state index contributed by atoms with van der Waals surface area (Å²) in [6, 6.07) is 9.03. The molecule has 1 amide bonds. The number of hydrogen-bond acceptors (Lipinski definition) is 4. The number of nitrogens with one attached hydrogen (secondary N) is 1. The molecule has 0 radical (unpaired) electrons. The largest absolute Gasteiger partial charge is 0.325 e. The minimum atomic E-state index is -0.0167. The van der Waals surface area contributed by atoms with Crippen LogP contribution in [0, 0.1) is 11.3 Å². The lowest BCUT2D eigenvalue weighted by Crippen LogP contribution is -2.38. The van der Waals surface area contributed by atoms with Crippen LogP contribution in [0.25, 0.3) is 0 Å². The van der Waals surface area contributed by atoms with Gasteiger partial charge in [-0.1, -0.05) is 6.07 Å². The molecule has 1 fully saturated rings. The van der Waals surface area contributed by atoms with E-state index in [1.165, 1.54) is 0 Å². The standard InChI is InChI=1S/C13H15N3OS/c14-9-11-2-1-3-12(8-11)15-13(17)10-16-4-6-18-7-5-16/h1-3,8H,4-7,10H2,(H,15,17). The van der Waals surface area contributed by atoms with E-state index < -0.39 is 0 Å². The molecule has 1 aliphatic heterocycles. The molecule has 0 saturated carbocycles. The Morgan fingerprint density at radius 1 is 1.44 bits per heavy atom. The van der Waals surface area contributed by atoms with E-state index in [1.54, 1.807) is 24.3 Å². The summed E-state index contributed by atoms with van der Waals surface area (Å²) in [6.45, 7) is 2.37. The lowest BCUT2D eigenvalue weighted by molar-refractivity contribution is -0.117. The lowest BCUT2D eigenvalue weighted by Gasteiger charge is -2.25. The Labute approximate surface area is 111 Å². The zero-order valence-corrected chi connectivity index (χ0v) is 10.9. The molecule has 1 saturated heterocycles. The smallest absolute Gasteiger partial charge is 0.238 e. The minimum Gasteiger partial charge on any atom is -0.325 e. The van der Waals surface area contributed by atoms with Gasteiger partial charge in [-0.2, -0.15) is 17.0 Å². The molecule has 94 valence electrons. The Balaban J connectivity index is 1.88. The molecule has 1 heterocycles. The first-order valence-corrected chi connectivity index (χ1v) is 7.03. The van der Waals surface area contributed by atoms with Crippen LogP contribution in [0.15, 0.2) is 24.3 Å². The Morgan fingerprint density at radius 3 is 2.94 bits per heavy atom. The zero-order valence-electron chi connectivity index (χ0n) is 10.1. The lowest BCUT2D eigenvalue weighted by atomic mass is 10.2. The van der Waals surface area contributed by atoms with Crippen LogP contribution in [0.1, 0.15) is 5.56 Å². The van der Waals surface area contributed by atoms with Crippen LogP contribution in [0.3, 0.4) is 0 Å². The van der Waals surface area contributed by atoms with E-state index in [0.29, 0.717) is 17.8 Å². The van der Waals surface area contributed by atoms with Crippen molar-refractivity contribution < 1.29 is 4.79 Å². The van der Waals surface area contributed by atoms with E-state index in [0.717, 1.165) is 24.6 Å². The molecule has 0 unspecified atom stereocenters. The van der Waals surface area contributed by atoms with Crippen LogP contribution in [-0.2, 0) is 4.79 Å². The molecule has 0 aliphatic carbocycles. The quantitative estimate of drug-likeness (QED) is 0.897. The molecule has 18 heavy (non-hydrogen) atoms. The number of nitrogens with zero attached hydrogens (tertiary/aromatic N) is 2. The van der Waals surface area contributed by atoms with Gasteiger partial charge < -0.3 is 5.32 Å². The molecule has 0 spiro atoms. The molecule has 2 rings (SSSR count). The average molecular weight is 261 g/mol. The Morgan fingerprint density at radius 2 is 2.22 bits per heavy atom. The van der Waals surface area contributed by atoms with Gasteiger partial charge in [-0.05, 0) is 18.2 Å². The van der Waals surface area contributed by atoms with Crippen molar-refractivity contribution in [2.75, 3.05) is 36.5 Å². The predicted molar refractivity (Wildman–Crippen MR) is 73.6 cm³/mol. The number of hydrogen-bond donors (Lipinski definition) is 1. The molecule has 0 bridgehead atoms. The summed E-state index contributed by atoms with van der Waals surface area (Å²) < 4.78 is 0. The molecular formula is C13H15N3OS. The highest BCUT2D eigenvalue weighted by atomic mass is 32.2. The number of nitriles is 1. The average Bonchev–Trinajstić information content (AvgIpc) is 2.40. The third-order valence-corrected chi connectivity index (χ3v) is 3.69. The fourth-order valence-electron chi connectivity index (χ4n) is 1.83. The van der Waals surface area contributed by atoms with Crippen LogP contribution in [0.5, 0.6) is 0 Å². The van der Waals surface area contributed by atoms with Gasteiger partial charge in [0.2, 0.25) is 5.91 Å². The van der Waals surface area contributed by atoms with E-state index >= 15 is 0 Å². The van der Waals surface area contributed by atoms with Gasteiger partial charge in [-0.3, -0.25) is 9.69 Å². The van der Waals surface area contributed by atoms with Crippen LogP contribution < -0.4 is 5.32 Å². The fraction of sp³-hybridized carbons (Fsp3) is 0.385. The van der Waals surface area contributed by atoms with E-state index in [1.807, 2.05) is 11.8 Å². The molecule has 1 aromatic rings. The SMILES string of the molecule is N#Cc1cccc(NC(=O)CN2CCSCC2)c1. The van der Waals surface area contributed by atoms with Crippen molar-refractivity contribution in [3.63, 3.8) is 0 Å². The third-order valence-electron chi connectivity index (χ3n) is 2.75. The number of thioether (sulfide) groups is 1. The molecule has 4 nitrogen and oxygen atoms in total. The maximum Gasteiger partial charge on any atom is 0.238 e. The van der Waals surface area contributed by atoms with E-state index in [-0.39, 0.29) is 5.91 Å². The van der Waals surface area contributed by atoms with Gasteiger partial charge in [-0.15, -0.1) is 0 Å². The topological polar surface area (TPSA) is 56.1 Å². The maximum atomic E-state index is 11.8. The predicted octanol–water partition coefficient (Wildman–Crippen LogP) is 1.55. The molecule has 0 aromatic heterocycles. The highest BCUT2D eigenvalue weighted by Crippen LogP contribution is 2.11. The molecule has 1 N–H and O–H groups in total. The van der Waals surface area contributed by atoms with Gasteiger partial charge >= 0.3 is 0 Å². The van der Waals surface area contributed by atoms with Crippen molar-refractivity contribution in [2.24, 2.45) is 0 Å². The maximum absolute atomic E-state index is 11.8. The van der Waals surface area contributed by atoms with Gasteiger partial charge in [0.15, 0.2) is 0 Å². The van der Waals surface area contributed by atoms with Gasteiger partial charge in [0.1, 0.15) is 0 Å². The summed E-state index contributed by atoms with van der Waals surface area (Å²) in [5.41, 5.74) is 1.24. The highest BCUT2D eigenvalue weighted by molar-refractivity contribution is 7.99. The Kier molecular flexibility index (Phi) is 4.62. The number of carbonyl (C=O) groups is 1. The third kappa shape index (κ3) is 3.76. The van der Waals surface area contributed by atoms with Crippen molar-refractivity contribution in [1.29, 1.82) is 5.26 Å². The van der Waals surface area contributed by atoms with Crippen molar-refractivity contribution in [2.45, 2.75) is 0 Å². The van der Waals surface area contributed by atoms with Gasteiger partial charge in [0.25, 0.3) is 0 Å². The summed E-state index contributed by atoms with van der Waals surface area (Å²) in [5, 5.41) is 11.6. The first-order valence-electron chi connectivity index (χ1n) is 5.88. The van der Waals surface area contributed by atoms with E-state index in [9.17, 15) is 4.79 Å². The number of amides is 1. The summed E-state index contributed by atoms with van der Waals surface area (Å²) in [7, 11) is 0. The normalized spacial score (nSPS) is 15.9. The van der Waals surface area contributed by atoms with Crippen LogP contribution in [0.4, 0.5) is 5.69 Å². The summed E-state index contributed by atoms with van der Waals surface area (Å²) >= 11 is 1.93. The van der Waals surface area contributed by atoms with Gasteiger partial charge in [-0.25, -0.2) is 0 Å². The number of anilines is 1. The second kappa shape index (κ2) is 6.43. The second-order valence-electron chi connectivity index (χ2n) is 4.13. The molecule has 1 aliphatic rings. The first-order chi connectivity index (χ1) is 8.78. The highest BCUT2D eigenvalue weighted by Gasteiger charge is 2.14. The van der Waals surface area contributed by atoms with Crippen molar-refractivity contribution in [1.82, 2.24) is 4.90 Å². The van der Waals surface area contributed by atoms with Gasteiger partial charge in [0, 0.05) is 30.3 Å². The van der Waals surface area contributed by atoms with E-state index in [4.69, 9.17) is 5.26 Å². The Bertz CT molecular complexity index is 464. The van der Waals surface area contributed by atoms with Gasteiger partial charge in [0.05, 0.1) is 18.2 Å². The summed E-state index contributed by atoms with van der Waals surface area (Å²) in [6.07, 6.45) is 0. The second-order valence-corrected chi connectivity index (χ2v) is 5.35. The van der Waals surface area contributed by atoms with Crippen LogP contribution in [0.2, 0.25) is 0 Å². The number of carbonyl (C=O) groups excluding carboxylic acids is 1. The minimum absolute atomic E-state index is 0.0167. The van der Waals surface area contributed by atoms with E-state index in [2.05, 4.69) is 16.3 Å². The van der Waals surface area contributed by atoms with Crippen LogP contribution >= 0.6 is 11.8 Å². The zero-order chi connectivity index (χ0) is 12.8. The van der Waals surface area contributed by atoms with Crippen LogP contribution in [-0.4, -0.2) is 41.9 Å². The molecule has 5 heteroatoms. The summed E-state index contributed by atoms with van der Waals surface area (Å²) in [5.74, 6) is 2.17. The first kappa shape index (κ1) is 12.9. The summed E-state index contributed by atoms with van der Waals surface area (Å²) in [4.78, 5) is 14.0. The monoisotopic (exact) mass is 261 g/mol. The molecule has 0 atom stereocenters. The van der Waals surface area contributed by atoms with Crippen molar-refractivity contribution >= 4 is 23.4 Å². The number of rotatable bonds is 3. The fourth-order valence-corrected chi connectivity index (χ4v) is 2.81. The van der Waals surface area contributed by atoms with Crippen molar-refractivity contribution in [3.05, 3.63) is 29.8 Å². The Hall–Kier alpha value is -1.51. The number of benzene rings is 1. The molecule has 1 aromatic carbocycles.